The van der Waals surface area contributed by atoms with E-state index in [1.165, 1.54) is 16.7 Å². The Morgan fingerprint density at radius 3 is 2.38 bits per heavy atom. The van der Waals surface area contributed by atoms with Gasteiger partial charge in [0.1, 0.15) is 17.0 Å². The number of carbonyl (C=O) groups is 3. The van der Waals surface area contributed by atoms with Gasteiger partial charge in [-0.1, -0.05) is 11.6 Å². The Kier molecular flexibility index (Phi) is 3.84. The molecule has 2 fully saturated rings. The number of aliphatic carboxylic acids is 1. The number of nitrogens with one attached hydrogen (secondary N) is 1. The lowest BCUT2D eigenvalue weighted by Gasteiger charge is -2.51. The van der Waals surface area contributed by atoms with Crippen LogP contribution in [-0.4, -0.2) is 49.5 Å². The molecular formula is C16H17ClN2O4S. The maximum atomic E-state index is 12.6. The maximum absolute atomic E-state index is 12.6. The minimum atomic E-state index is -1.12. The Hall–Kier alpha value is -1.73. The number of carboxylic acids is 1. The average molecular weight is 369 g/mol. The van der Waals surface area contributed by atoms with Crippen molar-refractivity contribution in [1.29, 1.82) is 0 Å². The molecule has 3 rings (SSSR count). The summed E-state index contributed by atoms with van der Waals surface area (Å²) >= 11 is 7.20. The topological polar surface area (TPSA) is 86.7 Å². The van der Waals surface area contributed by atoms with Gasteiger partial charge in [0.15, 0.2) is 0 Å². The summed E-state index contributed by atoms with van der Waals surface area (Å²) in [6.45, 7) is 5.23. The first-order valence-electron chi connectivity index (χ1n) is 7.39. The highest BCUT2D eigenvalue weighted by molar-refractivity contribution is 8.01. The zero-order chi connectivity index (χ0) is 17.9. The normalized spacial score (nSPS) is 30.5. The van der Waals surface area contributed by atoms with E-state index in [4.69, 9.17) is 11.6 Å². The third-order valence-electron chi connectivity index (χ3n) is 4.49. The molecule has 0 bridgehead atoms. The van der Waals surface area contributed by atoms with Crippen molar-refractivity contribution in [2.75, 3.05) is 0 Å². The van der Waals surface area contributed by atoms with Crippen molar-refractivity contribution in [2.24, 2.45) is 0 Å². The molecule has 2 heterocycles. The molecule has 2 aliphatic rings. The first-order valence-corrected chi connectivity index (χ1v) is 8.65. The molecule has 0 saturated carbocycles. The molecule has 0 spiro atoms. The number of thioether (sulfide) groups is 1. The summed E-state index contributed by atoms with van der Waals surface area (Å²) < 4.78 is -0.630. The van der Waals surface area contributed by atoms with Crippen LogP contribution in [0, 0.1) is 0 Å². The maximum Gasteiger partial charge on any atom is 0.327 e. The number of halogens is 1. The Morgan fingerprint density at radius 1 is 1.25 bits per heavy atom. The molecular weight excluding hydrogens is 352 g/mol. The summed E-state index contributed by atoms with van der Waals surface area (Å²) in [6.07, 6.45) is 0. The highest BCUT2D eigenvalue weighted by Crippen LogP contribution is 2.54. The molecule has 6 nitrogen and oxygen atoms in total. The van der Waals surface area contributed by atoms with Gasteiger partial charge < -0.3 is 15.3 Å². The van der Waals surface area contributed by atoms with E-state index >= 15 is 0 Å². The Morgan fingerprint density at radius 2 is 1.83 bits per heavy atom. The Labute approximate surface area is 148 Å². The molecule has 0 aromatic heterocycles. The number of rotatable bonds is 3. The molecule has 1 unspecified atom stereocenters. The first kappa shape index (κ1) is 17.1. The van der Waals surface area contributed by atoms with Gasteiger partial charge in [0.25, 0.3) is 11.8 Å². The zero-order valence-corrected chi connectivity index (χ0v) is 14.9. The van der Waals surface area contributed by atoms with Gasteiger partial charge in [0, 0.05) is 15.3 Å². The minimum absolute atomic E-state index is 0.375. The van der Waals surface area contributed by atoms with E-state index < -0.39 is 27.7 Å². The second-order valence-electron chi connectivity index (χ2n) is 6.69. The molecule has 1 aromatic carbocycles. The molecule has 0 radical (unpaired) electrons. The largest absolute Gasteiger partial charge is 0.480 e. The SMILES string of the molecule is CC1(C)S[C@H]2N(C(=O)C2(C)NC(=O)c2ccc(Cl)cc2)[C@H]1C(=O)O. The van der Waals surface area contributed by atoms with Gasteiger partial charge >= 0.3 is 5.97 Å². The number of β-lactam (4-membered cyclic amide) rings is 1. The smallest absolute Gasteiger partial charge is 0.327 e. The molecule has 128 valence electrons. The van der Waals surface area contributed by atoms with Crippen LogP contribution in [0.1, 0.15) is 31.1 Å². The van der Waals surface area contributed by atoms with E-state index in [0.717, 1.165) is 0 Å². The number of amides is 2. The molecule has 2 N–H and O–H groups in total. The predicted molar refractivity (Wildman–Crippen MR) is 91.1 cm³/mol. The van der Waals surface area contributed by atoms with Gasteiger partial charge in [-0.25, -0.2) is 4.79 Å². The number of carbonyl (C=O) groups excluding carboxylic acids is 2. The van der Waals surface area contributed by atoms with Gasteiger partial charge in [-0.15, -0.1) is 11.8 Å². The number of carboxylic acid groups (broad SMARTS) is 1. The Bertz CT molecular complexity index is 736. The number of benzene rings is 1. The lowest BCUT2D eigenvalue weighted by atomic mass is 9.86. The summed E-state index contributed by atoms with van der Waals surface area (Å²) in [4.78, 5) is 37.9. The standard InChI is InChI=1S/C16H17ClN2O4S/c1-15(2)10(12(21)22)19-13(23)16(3,14(19)24-15)18-11(20)8-4-6-9(17)7-5-8/h4-7,10,14H,1-3H3,(H,18,20)(H,21,22)/t10-,14+,16?/m0/s1. The number of hydrogen-bond donors (Lipinski definition) is 2. The molecule has 2 amide bonds. The van der Waals surface area contributed by atoms with Crippen LogP contribution in [0.5, 0.6) is 0 Å². The molecule has 24 heavy (non-hydrogen) atoms. The van der Waals surface area contributed by atoms with E-state index in [-0.39, 0.29) is 11.8 Å². The predicted octanol–water partition coefficient (Wildman–Crippen LogP) is 1.98. The molecule has 2 saturated heterocycles. The minimum Gasteiger partial charge on any atom is -0.480 e. The second-order valence-corrected chi connectivity index (χ2v) is 8.86. The highest BCUT2D eigenvalue weighted by atomic mass is 35.5. The average Bonchev–Trinajstić information content (AvgIpc) is 2.77. The van der Waals surface area contributed by atoms with Crippen LogP contribution < -0.4 is 5.32 Å². The highest BCUT2D eigenvalue weighted by Gasteiger charge is 2.70. The fourth-order valence-electron chi connectivity index (χ4n) is 3.25. The lowest BCUT2D eigenvalue weighted by Crippen LogP contribution is -2.78. The van der Waals surface area contributed by atoms with Crippen molar-refractivity contribution in [2.45, 2.75) is 42.5 Å². The molecule has 8 heteroatoms. The van der Waals surface area contributed by atoms with Crippen molar-refractivity contribution in [1.82, 2.24) is 10.2 Å². The van der Waals surface area contributed by atoms with Crippen molar-refractivity contribution >= 4 is 41.1 Å². The van der Waals surface area contributed by atoms with Crippen LogP contribution in [0.25, 0.3) is 0 Å². The van der Waals surface area contributed by atoms with Gasteiger partial charge in [0.2, 0.25) is 0 Å². The third kappa shape index (κ3) is 2.38. The van der Waals surface area contributed by atoms with Crippen LogP contribution in [0.2, 0.25) is 5.02 Å². The van der Waals surface area contributed by atoms with Gasteiger partial charge in [0.05, 0.1) is 0 Å². The van der Waals surface area contributed by atoms with Crippen molar-refractivity contribution in [3.8, 4) is 0 Å². The summed E-state index contributed by atoms with van der Waals surface area (Å²) in [7, 11) is 0. The van der Waals surface area contributed by atoms with E-state index in [2.05, 4.69) is 5.32 Å². The lowest BCUT2D eigenvalue weighted by molar-refractivity contribution is -0.165. The number of nitrogens with zero attached hydrogens (tertiary/aromatic N) is 1. The van der Waals surface area contributed by atoms with Crippen molar-refractivity contribution in [3.05, 3.63) is 34.9 Å². The van der Waals surface area contributed by atoms with Gasteiger partial charge in [-0.2, -0.15) is 0 Å². The van der Waals surface area contributed by atoms with Crippen LogP contribution in [0.15, 0.2) is 24.3 Å². The van der Waals surface area contributed by atoms with Crippen LogP contribution in [-0.2, 0) is 9.59 Å². The number of hydrogen-bond acceptors (Lipinski definition) is 4. The monoisotopic (exact) mass is 368 g/mol. The van der Waals surface area contributed by atoms with Crippen LogP contribution >= 0.6 is 23.4 Å². The molecule has 1 aromatic rings. The fraction of sp³-hybridized carbons (Fsp3) is 0.438. The Balaban J connectivity index is 1.83. The second kappa shape index (κ2) is 5.39. The van der Waals surface area contributed by atoms with Crippen LogP contribution in [0.4, 0.5) is 0 Å². The molecule has 3 atom stereocenters. The van der Waals surface area contributed by atoms with Crippen LogP contribution in [0.3, 0.4) is 0 Å². The van der Waals surface area contributed by atoms with Gasteiger partial charge in [-0.05, 0) is 45.0 Å². The molecule has 0 aliphatic carbocycles. The molecule has 2 aliphatic heterocycles. The summed E-state index contributed by atoms with van der Waals surface area (Å²) in [5.74, 6) is -1.80. The van der Waals surface area contributed by atoms with Crippen molar-refractivity contribution in [3.63, 3.8) is 0 Å². The van der Waals surface area contributed by atoms with Crippen molar-refractivity contribution < 1.29 is 19.5 Å². The quantitative estimate of drug-likeness (QED) is 0.796. The summed E-state index contributed by atoms with van der Waals surface area (Å²) in [5, 5.41) is 12.3. The van der Waals surface area contributed by atoms with E-state index in [1.54, 1.807) is 45.0 Å². The third-order valence-corrected chi connectivity index (χ3v) is 6.50. The van der Waals surface area contributed by atoms with E-state index in [1.807, 2.05) is 0 Å². The van der Waals surface area contributed by atoms with Gasteiger partial charge in [-0.3, -0.25) is 9.59 Å². The summed E-state index contributed by atoms with van der Waals surface area (Å²) in [5.41, 5.74) is -0.730. The fourth-order valence-corrected chi connectivity index (χ4v) is 5.02. The first-order chi connectivity index (χ1) is 11.1. The summed E-state index contributed by atoms with van der Waals surface area (Å²) in [6, 6.07) is 5.45. The van der Waals surface area contributed by atoms with E-state index in [9.17, 15) is 19.5 Å². The zero-order valence-electron chi connectivity index (χ0n) is 13.4. The number of fused-ring (bicyclic) bond motifs is 1. The van der Waals surface area contributed by atoms with E-state index in [0.29, 0.717) is 10.6 Å².